The number of nitro benzene ring substituents is 1. The average Bonchev–Trinajstić information content (AvgIpc) is 2.22. The molecular formula is C10H9FN2O3. The van der Waals surface area contributed by atoms with Gasteiger partial charge in [0.05, 0.1) is 23.2 Å². The molecule has 0 heterocycles. The Morgan fingerprint density at radius 3 is 2.81 bits per heavy atom. The van der Waals surface area contributed by atoms with E-state index in [0.29, 0.717) is 0 Å². The van der Waals surface area contributed by atoms with E-state index in [0.717, 1.165) is 12.1 Å². The molecule has 0 saturated heterocycles. The van der Waals surface area contributed by atoms with Gasteiger partial charge >= 0.3 is 0 Å². The highest BCUT2D eigenvalue weighted by atomic mass is 19.1. The molecule has 84 valence electrons. The van der Waals surface area contributed by atoms with Crippen molar-refractivity contribution >= 4 is 11.4 Å². The molecule has 0 aliphatic rings. The summed E-state index contributed by atoms with van der Waals surface area (Å²) in [5.74, 6) is 4.22. The van der Waals surface area contributed by atoms with E-state index in [4.69, 9.17) is 10.8 Å². The molecule has 6 heteroatoms. The van der Waals surface area contributed by atoms with Gasteiger partial charge in [0.1, 0.15) is 11.5 Å². The molecule has 0 saturated carbocycles. The summed E-state index contributed by atoms with van der Waals surface area (Å²) in [5.41, 5.74) is 4.84. The number of nitro groups is 1. The molecule has 0 amide bonds. The molecular weight excluding hydrogens is 215 g/mol. The van der Waals surface area contributed by atoms with Crippen molar-refractivity contribution in [2.45, 2.75) is 6.42 Å². The number of anilines is 1. The molecule has 16 heavy (non-hydrogen) atoms. The zero-order valence-corrected chi connectivity index (χ0v) is 8.24. The molecule has 0 atom stereocenters. The van der Waals surface area contributed by atoms with Gasteiger partial charge in [0.2, 0.25) is 0 Å². The fourth-order valence-electron chi connectivity index (χ4n) is 1.07. The molecule has 0 fully saturated rings. The van der Waals surface area contributed by atoms with Gasteiger partial charge in [-0.3, -0.25) is 10.1 Å². The van der Waals surface area contributed by atoms with Crippen LogP contribution in [0.4, 0.5) is 15.8 Å². The first kappa shape index (κ1) is 11.9. The summed E-state index contributed by atoms with van der Waals surface area (Å²) in [6.45, 7) is -0.135. The SMILES string of the molecule is Nc1c(C#CCCO)cc(F)cc1[N+](=O)[O-]. The van der Waals surface area contributed by atoms with Crippen molar-refractivity contribution in [3.8, 4) is 11.8 Å². The van der Waals surface area contributed by atoms with Crippen molar-refractivity contribution in [1.82, 2.24) is 0 Å². The molecule has 0 radical (unpaired) electrons. The van der Waals surface area contributed by atoms with Crippen molar-refractivity contribution in [3.05, 3.63) is 33.6 Å². The normalized spacial score (nSPS) is 9.38. The largest absolute Gasteiger partial charge is 0.395 e. The number of hydrogen-bond acceptors (Lipinski definition) is 4. The third-order valence-corrected chi connectivity index (χ3v) is 1.78. The minimum Gasteiger partial charge on any atom is -0.395 e. The van der Waals surface area contributed by atoms with Crippen LogP contribution in [-0.4, -0.2) is 16.6 Å². The predicted molar refractivity (Wildman–Crippen MR) is 56.0 cm³/mol. The lowest BCUT2D eigenvalue weighted by molar-refractivity contribution is -0.384. The summed E-state index contributed by atoms with van der Waals surface area (Å²) in [4.78, 5) is 9.76. The van der Waals surface area contributed by atoms with E-state index in [9.17, 15) is 14.5 Å². The average molecular weight is 224 g/mol. The maximum absolute atomic E-state index is 13.0. The lowest BCUT2D eigenvalue weighted by atomic mass is 10.1. The van der Waals surface area contributed by atoms with Crippen molar-refractivity contribution in [3.63, 3.8) is 0 Å². The number of aliphatic hydroxyl groups excluding tert-OH is 1. The summed E-state index contributed by atoms with van der Waals surface area (Å²) >= 11 is 0. The summed E-state index contributed by atoms with van der Waals surface area (Å²) in [5, 5.41) is 19.0. The van der Waals surface area contributed by atoms with Crippen LogP contribution in [0.3, 0.4) is 0 Å². The Bertz CT molecular complexity index is 477. The van der Waals surface area contributed by atoms with Crippen LogP contribution in [-0.2, 0) is 0 Å². The van der Waals surface area contributed by atoms with Crippen molar-refractivity contribution in [2.24, 2.45) is 0 Å². The van der Waals surface area contributed by atoms with Gasteiger partial charge in [0.15, 0.2) is 0 Å². The number of nitrogen functional groups attached to an aromatic ring is 1. The van der Waals surface area contributed by atoms with Crippen LogP contribution in [0.5, 0.6) is 0 Å². The zero-order chi connectivity index (χ0) is 12.1. The summed E-state index contributed by atoms with van der Waals surface area (Å²) in [6.07, 6.45) is 0.198. The Hall–Kier alpha value is -2.13. The van der Waals surface area contributed by atoms with Crippen molar-refractivity contribution in [2.75, 3.05) is 12.3 Å². The number of nitrogens with zero attached hydrogens (tertiary/aromatic N) is 1. The standard InChI is InChI=1S/C10H9FN2O3/c11-8-5-7(3-1-2-4-14)10(12)9(6-8)13(15)16/h5-6,14H,2,4,12H2. The first-order valence-corrected chi connectivity index (χ1v) is 4.39. The Morgan fingerprint density at radius 1 is 1.56 bits per heavy atom. The summed E-state index contributed by atoms with van der Waals surface area (Å²) < 4.78 is 13.0. The topological polar surface area (TPSA) is 89.4 Å². The second-order valence-corrected chi connectivity index (χ2v) is 2.92. The smallest absolute Gasteiger partial charge is 0.296 e. The Balaban J connectivity index is 3.21. The van der Waals surface area contributed by atoms with E-state index in [1.165, 1.54) is 0 Å². The summed E-state index contributed by atoms with van der Waals surface area (Å²) in [6, 6.07) is 1.76. The number of nitrogens with two attached hydrogens (primary N) is 1. The molecule has 1 aromatic rings. The summed E-state index contributed by atoms with van der Waals surface area (Å²) in [7, 11) is 0. The fourth-order valence-corrected chi connectivity index (χ4v) is 1.07. The monoisotopic (exact) mass is 224 g/mol. The molecule has 0 aromatic heterocycles. The number of hydrogen-bond donors (Lipinski definition) is 2. The first-order valence-electron chi connectivity index (χ1n) is 4.39. The minimum atomic E-state index is -0.769. The van der Waals surface area contributed by atoms with Crippen LogP contribution in [0, 0.1) is 27.8 Å². The predicted octanol–water partition coefficient (Wildman–Crippen LogP) is 1.05. The quantitative estimate of drug-likeness (QED) is 0.340. The molecule has 0 aliphatic carbocycles. The lowest BCUT2D eigenvalue weighted by Gasteiger charge is -2.00. The van der Waals surface area contributed by atoms with Crippen LogP contribution in [0.1, 0.15) is 12.0 Å². The number of aliphatic hydroxyl groups is 1. The highest BCUT2D eigenvalue weighted by Gasteiger charge is 2.16. The van der Waals surface area contributed by atoms with Crippen LogP contribution in [0.25, 0.3) is 0 Å². The van der Waals surface area contributed by atoms with E-state index in [2.05, 4.69) is 11.8 Å². The highest BCUT2D eigenvalue weighted by molar-refractivity contribution is 5.68. The number of rotatable bonds is 2. The van der Waals surface area contributed by atoms with Crippen LogP contribution in [0.15, 0.2) is 12.1 Å². The highest BCUT2D eigenvalue weighted by Crippen LogP contribution is 2.25. The van der Waals surface area contributed by atoms with E-state index >= 15 is 0 Å². The van der Waals surface area contributed by atoms with Gasteiger partial charge in [-0.25, -0.2) is 4.39 Å². The van der Waals surface area contributed by atoms with Crippen LogP contribution >= 0.6 is 0 Å². The van der Waals surface area contributed by atoms with Crippen LogP contribution < -0.4 is 5.73 Å². The fraction of sp³-hybridized carbons (Fsp3) is 0.200. The van der Waals surface area contributed by atoms with Crippen LogP contribution in [0.2, 0.25) is 0 Å². The van der Waals surface area contributed by atoms with E-state index < -0.39 is 16.4 Å². The zero-order valence-electron chi connectivity index (χ0n) is 8.24. The molecule has 0 spiro atoms. The maximum atomic E-state index is 13.0. The number of benzene rings is 1. The van der Waals surface area contributed by atoms with Gasteiger partial charge in [-0.05, 0) is 6.07 Å². The van der Waals surface area contributed by atoms with E-state index in [1.807, 2.05) is 0 Å². The number of halogens is 1. The Morgan fingerprint density at radius 2 is 2.25 bits per heavy atom. The van der Waals surface area contributed by atoms with E-state index in [-0.39, 0.29) is 24.3 Å². The molecule has 0 bridgehead atoms. The van der Waals surface area contributed by atoms with Gasteiger partial charge in [-0.2, -0.15) is 0 Å². The van der Waals surface area contributed by atoms with Crippen molar-refractivity contribution < 1.29 is 14.4 Å². The molecule has 5 nitrogen and oxygen atoms in total. The van der Waals surface area contributed by atoms with Gasteiger partial charge in [0, 0.05) is 6.42 Å². The van der Waals surface area contributed by atoms with Gasteiger partial charge in [0.25, 0.3) is 5.69 Å². The molecule has 0 unspecified atom stereocenters. The van der Waals surface area contributed by atoms with Gasteiger partial charge in [-0.1, -0.05) is 11.8 Å². The molecule has 3 N–H and O–H groups in total. The van der Waals surface area contributed by atoms with E-state index in [1.54, 1.807) is 0 Å². The molecule has 0 aliphatic heterocycles. The maximum Gasteiger partial charge on any atom is 0.296 e. The minimum absolute atomic E-state index is 0.0557. The molecule has 1 rings (SSSR count). The van der Waals surface area contributed by atoms with Gasteiger partial charge < -0.3 is 10.8 Å². The second-order valence-electron chi connectivity index (χ2n) is 2.92. The molecule has 1 aromatic carbocycles. The third kappa shape index (κ3) is 2.68. The Kier molecular flexibility index (Phi) is 3.80. The van der Waals surface area contributed by atoms with Crippen molar-refractivity contribution in [1.29, 1.82) is 0 Å². The van der Waals surface area contributed by atoms with Gasteiger partial charge in [-0.15, -0.1) is 0 Å². The third-order valence-electron chi connectivity index (χ3n) is 1.78. The second kappa shape index (κ2) is 5.09. The first-order chi connectivity index (χ1) is 7.56. The Labute approximate surface area is 90.8 Å². The lowest BCUT2D eigenvalue weighted by Crippen LogP contribution is -1.99.